The van der Waals surface area contributed by atoms with Crippen LogP contribution in [0.5, 0.6) is 0 Å². The molecule has 0 radical (unpaired) electrons. The molecule has 0 saturated carbocycles. The first-order chi connectivity index (χ1) is 24.2. The lowest BCUT2D eigenvalue weighted by atomic mass is 9.79. The molecule has 2 heteroatoms. The molecule has 0 unspecified atom stereocenters. The summed E-state index contributed by atoms with van der Waals surface area (Å²) in [7, 11) is 0. The highest BCUT2D eigenvalue weighted by molar-refractivity contribution is 6.34. The maximum Gasteiger partial charge on any atom is 0.0487 e. The highest BCUT2D eigenvalue weighted by Crippen LogP contribution is 2.57. The normalized spacial score (nSPS) is 14.4. The maximum absolute atomic E-state index is 6.89. The van der Waals surface area contributed by atoms with E-state index in [0.717, 1.165) is 22.1 Å². The average Bonchev–Trinajstić information content (AvgIpc) is 3.51. The number of hydrogen-bond acceptors (Lipinski definition) is 1. The van der Waals surface area contributed by atoms with Gasteiger partial charge in [-0.2, -0.15) is 0 Å². The Morgan fingerprint density at radius 1 is 0.380 bits per heavy atom. The number of hydrogen-bond donors (Lipinski definition) is 0. The molecule has 0 bridgehead atoms. The van der Waals surface area contributed by atoms with Crippen LogP contribution in [-0.4, -0.2) is 0 Å². The molecule has 242 valence electrons. The molecule has 0 amide bonds. The molecule has 2 aliphatic carbocycles. The van der Waals surface area contributed by atoms with E-state index >= 15 is 0 Å². The average molecular weight is 664 g/mol. The van der Waals surface area contributed by atoms with Gasteiger partial charge in [-0.3, -0.25) is 0 Å². The number of nitrogens with zero attached hydrogens (tertiary/aromatic N) is 1. The highest BCUT2D eigenvalue weighted by Gasteiger charge is 2.42. The number of benzene rings is 7. The van der Waals surface area contributed by atoms with Crippen molar-refractivity contribution in [1.29, 1.82) is 0 Å². The van der Waals surface area contributed by atoms with E-state index in [1.807, 2.05) is 6.07 Å². The predicted molar refractivity (Wildman–Crippen MR) is 212 cm³/mol. The van der Waals surface area contributed by atoms with E-state index in [4.69, 9.17) is 11.6 Å². The van der Waals surface area contributed by atoms with Crippen LogP contribution in [0.3, 0.4) is 0 Å². The molecule has 0 atom stereocenters. The molecule has 0 fully saturated rings. The van der Waals surface area contributed by atoms with Gasteiger partial charge in [0.05, 0.1) is 0 Å². The Balaban J connectivity index is 1.17. The van der Waals surface area contributed by atoms with Crippen LogP contribution >= 0.6 is 11.6 Å². The van der Waals surface area contributed by atoms with Crippen LogP contribution in [0.25, 0.3) is 44.5 Å². The zero-order valence-electron chi connectivity index (χ0n) is 28.8. The standard InChI is InChI=1S/C48H38ClN/c1-47(2)41-16-11-17-45(49)46(41)40-30-43-39(29-44(40)47)38-27-26-37(28-42(38)48(43,3)4)50(35-22-18-33(19-23-35)31-12-7-5-8-13-31)36-24-20-34(21-25-36)32-14-9-6-10-15-32/h5-30H,1-4H3. The van der Waals surface area contributed by atoms with Crippen molar-refractivity contribution in [3.05, 3.63) is 185 Å². The van der Waals surface area contributed by atoms with Crippen molar-refractivity contribution < 1.29 is 0 Å². The van der Waals surface area contributed by atoms with E-state index in [9.17, 15) is 0 Å². The van der Waals surface area contributed by atoms with Crippen molar-refractivity contribution in [3.8, 4) is 44.5 Å². The van der Waals surface area contributed by atoms with Gasteiger partial charge in [-0.1, -0.05) is 142 Å². The van der Waals surface area contributed by atoms with Gasteiger partial charge >= 0.3 is 0 Å². The lowest BCUT2D eigenvalue weighted by molar-refractivity contribution is 0.652. The van der Waals surface area contributed by atoms with Gasteiger partial charge in [-0.25, -0.2) is 0 Å². The van der Waals surface area contributed by atoms with E-state index in [1.54, 1.807) is 0 Å². The number of rotatable bonds is 5. The fraction of sp³-hybridized carbons (Fsp3) is 0.125. The molecule has 0 heterocycles. The molecule has 7 aromatic rings. The summed E-state index contributed by atoms with van der Waals surface area (Å²) in [6.45, 7) is 9.40. The minimum absolute atomic E-state index is 0.119. The molecule has 0 saturated heterocycles. The van der Waals surface area contributed by atoms with Crippen LogP contribution < -0.4 is 4.90 Å². The van der Waals surface area contributed by atoms with Gasteiger partial charge in [-0.05, 0) is 116 Å². The zero-order valence-corrected chi connectivity index (χ0v) is 29.6. The molecule has 7 aromatic carbocycles. The number of halogens is 1. The van der Waals surface area contributed by atoms with Crippen molar-refractivity contribution in [1.82, 2.24) is 0 Å². The summed E-state index contributed by atoms with van der Waals surface area (Å²) in [4.78, 5) is 2.39. The van der Waals surface area contributed by atoms with Crippen molar-refractivity contribution >= 4 is 28.7 Å². The summed E-state index contributed by atoms with van der Waals surface area (Å²) in [5.74, 6) is 0. The third kappa shape index (κ3) is 4.68. The molecule has 50 heavy (non-hydrogen) atoms. The van der Waals surface area contributed by atoms with Gasteiger partial charge in [0.1, 0.15) is 0 Å². The second-order valence-corrected chi connectivity index (χ2v) is 15.2. The summed E-state index contributed by atoms with van der Waals surface area (Å²) >= 11 is 6.89. The first-order valence-electron chi connectivity index (χ1n) is 17.5. The Bertz CT molecular complexity index is 2320. The molecule has 0 spiro atoms. The minimum Gasteiger partial charge on any atom is -0.310 e. The topological polar surface area (TPSA) is 3.24 Å². The van der Waals surface area contributed by atoms with Gasteiger partial charge < -0.3 is 4.90 Å². The Hall–Kier alpha value is -5.37. The van der Waals surface area contributed by atoms with Crippen molar-refractivity contribution in [2.45, 2.75) is 38.5 Å². The van der Waals surface area contributed by atoms with Crippen LogP contribution in [0.4, 0.5) is 17.1 Å². The van der Waals surface area contributed by atoms with Crippen LogP contribution in [-0.2, 0) is 10.8 Å². The van der Waals surface area contributed by atoms with Gasteiger partial charge in [0.2, 0.25) is 0 Å². The summed E-state index contributed by atoms with van der Waals surface area (Å²) in [6.07, 6.45) is 0. The Morgan fingerprint density at radius 2 is 0.840 bits per heavy atom. The molecule has 0 N–H and O–H groups in total. The van der Waals surface area contributed by atoms with Crippen LogP contribution in [0.2, 0.25) is 5.02 Å². The molecule has 9 rings (SSSR count). The molecule has 0 aliphatic heterocycles. The Labute approximate surface area is 300 Å². The van der Waals surface area contributed by atoms with Crippen molar-refractivity contribution in [2.24, 2.45) is 0 Å². The van der Waals surface area contributed by atoms with Crippen LogP contribution in [0.15, 0.2) is 158 Å². The number of anilines is 3. The van der Waals surface area contributed by atoms with E-state index in [2.05, 4.69) is 184 Å². The second-order valence-electron chi connectivity index (χ2n) is 14.7. The van der Waals surface area contributed by atoms with Gasteiger partial charge in [0, 0.05) is 38.5 Å². The SMILES string of the molecule is CC1(C)c2cc(N(c3ccc(-c4ccccc4)cc3)c3ccc(-c4ccccc4)cc3)ccc2-c2cc3c(cc21)-c1c(Cl)cccc1C3(C)C. The molecule has 0 aromatic heterocycles. The highest BCUT2D eigenvalue weighted by atomic mass is 35.5. The predicted octanol–water partition coefficient (Wildman–Crippen LogP) is 13.8. The minimum atomic E-state index is -0.191. The second kappa shape index (κ2) is 11.3. The first-order valence-corrected chi connectivity index (χ1v) is 17.8. The van der Waals surface area contributed by atoms with Gasteiger partial charge in [0.25, 0.3) is 0 Å². The van der Waals surface area contributed by atoms with Crippen molar-refractivity contribution in [2.75, 3.05) is 4.90 Å². The smallest absolute Gasteiger partial charge is 0.0487 e. The molecule has 1 nitrogen and oxygen atoms in total. The lowest BCUT2D eigenvalue weighted by Crippen LogP contribution is -2.17. The van der Waals surface area contributed by atoms with E-state index in [0.29, 0.717) is 0 Å². The number of fused-ring (bicyclic) bond motifs is 6. The molecular formula is C48H38ClN. The summed E-state index contributed by atoms with van der Waals surface area (Å²) in [5.41, 5.74) is 18.4. The summed E-state index contributed by atoms with van der Waals surface area (Å²) in [6, 6.07) is 57.4. The molecule has 2 aliphatic rings. The Morgan fingerprint density at radius 3 is 1.42 bits per heavy atom. The third-order valence-electron chi connectivity index (χ3n) is 11.2. The van der Waals surface area contributed by atoms with Crippen LogP contribution in [0.1, 0.15) is 49.9 Å². The summed E-state index contributed by atoms with van der Waals surface area (Å²) in [5, 5.41) is 0.831. The summed E-state index contributed by atoms with van der Waals surface area (Å²) < 4.78 is 0. The monoisotopic (exact) mass is 663 g/mol. The largest absolute Gasteiger partial charge is 0.310 e. The molecular weight excluding hydrogens is 626 g/mol. The lowest BCUT2D eigenvalue weighted by Gasteiger charge is -2.28. The first kappa shape index (κ1) is 30.7. The van der Waals surface area contributed by atoms with Gasteiger partial charge in [0.15, 0.2) is 0 Å². The third-order valence-corrected chi connectivity index (χ3v) is 11.5. The van der Waals surface area contributed by atoms with E-state index in [1.165, 1.54) is 66.8 Å². The Kier molecular flexibility index (Phi) is 6.95. The van der Waals surface area contributed by atoms with E-state index < -0.39 is 0 Å². The quantitative estimate of drug-likeness (QED) is 0.177. The van der Waals surface area contributed by atoms with Gasteiger partial charge in [-0.15, -0.1) is 0 Å². The zero-order chi connectivity index (χ0) is 34.2. The fourth-order valence-corrected chi connectivity index (χ4v) is 8.69. The maximum atomic E-state index is 6.89. The fourth-order valence-electron chi connectivity index (χ4n) is 8.41. The van der Waals surface area contributed by atoms with Crippen LogP contribution in [0, 0.1) is 0 Å². The van der Waals surface area contributed by atoms with Crippen molar-refractivity contribution in [3.63, 3.8) is 0 Å². The van der Waals surface area contributed by atoms with E-state index in [-0.39, 0.29) is 10.8 Å².